The Morgan fingerprint density at radius 1 is 1.40 bits per heavy atom. The second-order valence-corrected chi connectivity index (χ2v) is 5.21. The lowest BCUT2D eigenvalue weighted by Gasteiger charge is -2.14. The number of nitrogens with one attached hydrogen (secondary N) is 1. The quantitative estimate of drug-likeness (QED) is 0.830. The number of carboxylic acid groups (broad SMARTS) is 1. The summed E-state index contributed by atoms with van der Waals surface area (Å²) in [5.74, 6) is -3.49. The van der Waals surface area contributed by atoms with Crippen molar-refractivity contribution in [2.45, 2.75) is 18.9 Å². The van der Waals surface area contributed by atoms with Crippen molar-refractivity contribution in [3.63, 3.8) is 0 Å². The molecule has 108 valence electrons. The van der Waals surface area contributed by atoms with Crippen LogP contribution < -0.4 is 5.32 Å². The number of hydrogen-bond acceptors (Lipinski definition) is 2. The van der Waals surface area contributed by atoms with Crippen LogP contribution in [-0.4, -0.2) is 23.0 Å². The summed E-state index contributed by atoms with van der Waals surface area (Å²) >= 11 is 3.01. The predicted octanol–water partition coefficient (Wildman–Crippen LogP) is 2.38. The van der Waals surface area contributed by atoms with Gasteiger partial charge in [-0.2, -0.15) is 0 Å². The molecule has 0 spiro atoms. The molecule has 2 N–H and O–H groups in total. The largest absolute Gasteiger partial charge is 0.480 e. The summed E-state index contributed by atoms with van der Waals surface area (Å²) in [5, 5.41) is 11.2. The first-order chi connectivity index (χ1) is 9.29. The smallest absolute Gasteiger partial charge is 0.326 e. The topological polar surface area (TPSA) is 66.4 Å². The van der Waals surface area contributed by atoms with E-state index in [2.05, 4.69) is 27.8 Å². The maximum atomic E-state index is 13.4. The Hall–Kier alpha value is -1.76. The fourth-order valence-corrected chi connectivity index (χ4v) is 1.83. The predicted molar refractivity (Wildman–Crippen MR) is 72.3 cm³/mol. The third-order valence-corrected chi connectivity index (χ3v) is 2.75. The fourth-order valence-electron chi connectivity index (χ4n) is 1.50. The molecule has 0 aromatic heterocycles. The molecule has 1 aromatic carbocycles. The first-order valence-corrected chi connectivity index (χ1v) is 6.38. The first kappa shape index (κ1) is 16.3. The van der Waals surface area contributed by atoms with Crippen LogP contribution in [0.2, 0.25) is 0 Å². The minimum absolute atomic E-state index is 0.00692. The Labute approximate surface area is 122 Å². The zero-order chi connectivity index (χ0) is 15.3. The molecule has 0 saturated carbocycles. The summed E-state index contributed by atoms with van der Waals surface area (Å²) in [6, 6.07) is 1.68. The van der Waals surface area contributed by atoms with Crippen molar-refractivity contribution in [2.24, 2.45) is 0 Å². The van der Waals surface area contributed by atoms with Gasteiger partial charge in [0.1, 0.15) is 17.7 Å². The molecule has 0 unspecified atom stereocenters. The molecular formula is C13H12BrF2NO3. The molecule has 0 aliphatic heterocycles. The van der Waals surface area contributed by atoms with Gasteiger partial charge in [-0.3, -0.25) is 4.79 Å². The van der Waals surface area contributed by atoms with Crippen LogP contribution in [0, 0.1) is 11.6 Å². The Balaban J connectivity index is 2.70. The lowest BCUT2D eigenvalue weighted by Crippen LogP contribution is -2.41. The van der Waals surface area contributed by atoms with Crippen molar-refractivity contribution in [3.8, 4) is 0 Å². The fraction of sp³-hybridized carbons (Fsp3) is 0.231. The summed E-state index contributed by atoms with van der Waals surface area (Å²) in [6.45, 7) is 3.49. The maximum Gasteiger partial charge on any atom is 0.326 e. The van der Waals surface area contributed by atoms with Crippen LogP contribution >= 0.6 is 15.9 Å². The Bertz CT molecular complexity index is 548. The number of rotatable bonds is 6. The van der Waals surface area contributed by atoms with E-state index in [1.54, 1.807) is 0 Å². The lowest BCUT2D eigenvalue weighted by molar-refractivity contribution is -0.141. The van der Waals surface area contributed by atoms with Crippen molar-refractivity contribution >= 4 is 27.8 Å². The maximum absolute atomic E-state index is 13.4. The Morgan fingerprint density at radius 2 is 2.05 bits per heavy atom. The molecule has 1 amide bonds. The molecule has 0 bridgehead atoms. The summed E-state index contributed by atoms with van der Waals surface area (Å²) in [7, 11) is 0. The SMILES string of the molecule is C=C(Br)C[C@@H](NC(=O)Cc1ccc(F)cc1F)C(=O)O. The van der Waals surface area contributed by atoms with Gasteiger partial charge >= 0.3 is 5.97 Å². The molecule has 0 radical (unpaired) electrons. The second-order valence-electron chi connectivity index (χ2n) is 4.09. The van der Waals surface area contributed by atoms with E-state index < -0.39 is 29.6 Å². The molecular weight excluding hydrogens is 336 g/mol. The van der Waals surface area contributed by atoms with Crippen LogP contribution in [0.5, 0.6) is 0 Å². The van der Waals surface area contributed by atoms with Gasteiger partial charge in [0.2, 0.25) is 5.91 Å². The molecule has 0 aliphatic rings. The number of carbonyl (C=O) groups excluding carboxylic acids is 1. The average molecular weight is 348 g/mol. The van der Waals surface area contributed by atoms with Crippen molar-refractivity contribution in [3.05, 3.63) is 46.5 Å². The number of aliphatic carboxylic acids is 1. The number of amides is 1. The minimum atomic E-state index is -1.22. The van der Waals surface area contributed by atoms with E-state index in [-0.39, 0.29) is 18.4 Å². The normalized spacial score (nSPS) is 11.8. The first-order valence-electron chi connectivity index (χ1n) is 5.59. The molecule has 0 saturated heterocycles. The molecule has 4 nitrogen and oxygen atoms in total. The summed E-state index contributed by atoms with van der Waals surface area (Å²) in [5.41, 5.74) is -0.00860. The number of hydrogen-bond donors (Lipinski definition) is 2. The highest BCUT2D eigenvalue weighted by Crippen LogP contribution is 2.12. The van der Waals surface area contributed by atoms with Crippen LogP contribution in [-0.2, 0) is 16.0 Å². The second kappa shape index (κ2) is 7.14. The van der Waals surface area contributed by atoms with Crippen LogP contribution in [0.1, 0.15) is 12.0 Å². The summed E-state index contributed by atoms with van der Waals surface area (Å²) in [6.07, 6.45) is -0.363. The molecule has 0 heterocycles. The van der Waals surface area contributed by atoms with Gasteiger partial charge in [0.05, 0.1) is 6.42 Å². The van der Waals surface area contributed by atoms with Gasteiger partial charge in [0, 0.05) is 12.5 Å². The van der Waals surface area contributed by atoms with Crippen LogP contribution in [0.15, 0.2) is 29.3 Å². The van der Waals surface area contributed by atoms with E-state index in [0.717, 1.165) is 12.1 Å². The van der Waals surface area contributed by atoms with Crippen molar-refractivity contribution in [1.82, 2.24) is 5.32 Å². The summed E-state index contributed by atoms with van der Waals surface area (Å²) < 4.78 is 26.5. The van der Waals surface area contributed by atoms with Gasteiger partial charge in [-0.05, 0) is 16.1 Å². The van der Waals surface area contributed by atoms with E-state index >= 15 is 0 Å². The van der Waals surface area contributed by atoms with E-state index in [1.165, 1.54) is 0 Å². The number of carboxylic acids is 1. The van der Waals surface area contributed by atoms with Gasteiger partial charge in [-0.25, -0.2) is 13.6 Å². The van der Waals surface area contributed by atoms with Crippen molar-refractivity contribution in [1.29, 1.82) is 0 Å². The zero-order valence-corrected chi connectivity index (χ0v) is 11.9. The van der Waals surface area contributed by atoms with E-state index in [9.17, 15) is 18.4 Å². The minimum Gasteiger partial charge on any atom is -0.480 e. The van der Waals surface area contributed by atoms with E-state index in [4.69, 9.17) is 5.11 Å². The molecule has 1 atom stereocenters. The summed E-state index contributed by atoms with van der Waals surface area (Å²) in [4.78, 5) is 22.6. The van der Waals surface area contributed by atoms with Gasteiger partial charge in [0.25, 0.3) is 0 Å². The number of benzene rings is 1. The van der Waals surface area contributed by atoms with Crippen LogP contribution in [0.25, 0.3) is 0 Å². The Morgan fingerprint density at radius 3 is 2.55 bits per heavy atom. The highest BCUT2D eigenvalue weighted by atomic mass is 79.9. The van der Waals surface area contributed by atoms with Crippen molar-refractivity contribution < 1.29 is 23.5 Å². The number of halogens is 3. The molecule has 1 rings (SSSR count). The molecule has 0 aliphatic carbocycles. The monoisotopic (exact) mass is 347 g/mol. The van der Waals surface area contributed by atoms with Gasteiger partial charge < -0.3 is 10.4 Å². The molecule has 7 heteroatoms. The molecule has 1 aromatic rings. The number of carbonyl (C=O) groups is 2. The molecule has 20 heavy (non-hydrogen) atoms. The third-order valence-electron chi connectivity index (χ3n) is 2.43. The third kappa shape index (κ3) is 5.08. The van der Waals surface area contributed by atoms with Crippen LogP contribution in [0.4, 0.5) is 8.78 Å². The van der Waals surface area contributed by atoms with Gasteiger partial charge in [0.15, 0.2) is 0 Å². The van der Waals surface area contributed by atoms with Crippen LogP contribution in [0.3, 0.4) is 0 Å². The Kier molecular flexibility index (Phi) is 5.82. The van der Waals surface area contributed by atoms with Gasteiger partial charge in [-0.1, -0.05) is 28.6 Å². The van der Waals surface area contributed by atoms with Crippen molar-refractivity contribution in [2.75, 3.05) is 0 Å². The van der Waals surface area contributed by atoms with Gasteiger partial charge in [-0.15, -0.1) is 0 Å². The lowest BCUT2D eigenvalue weighted by atomic mass is 10.1. The molecule has 0 fully saturated rings. The standard InChI is InChI=1S/C13H12BrF2NO3/c1-7(14)4-11(13(19)20)17-12(18)5-8-2-3-9(15)6-10(8)16/h2-3,6,11H,1,4-5H2,(H,17,18)(H,19,20)/t11-/m1/s1. The highest BCUT2D eigenvalue weighted by Gasteiger charge is 2.21. The average Bonchev–Trinajstić information content (AvgIpc) is 2.31. The highest BCUT2D eigenvalue weighted by molar-refractivity contribution is 9.11. The van der Waals surface area contributed by atoms with E-state index in [1.807, 2.05) is 0 Å². The zero-order valence-electron chi connectivity index (χ0n) is 10.3. The van der Waals surface area contributed by atoms with E-state index in [0.29, 0.717) is 10.5 Å².